The molecular formula is C24H25N3. The first-order valence-electron chi connectivity index (χ1n) is 9.62. The van der Waals surface area contributed by atoms with Crippen LogP contribution in [0.3, 0.4) is 0 Å². The van der Waals surface area contributed by atoms with Gasteiger partial charge in [-0.15, -0.1) is 0 Å². The number of hydrogen-bond donors (Lipinski definition) is 0. The highest BCUT2D eigenvalue weighted by Gasteiger charge is 2.17. The minimum atomic E-state index is 0.558. The Morgan fingerprint density at radius 3 is 2.48 bits per heavy atom. The molecule has 0 unspecified atom stereocenters. The lowest BCUT2D eigenvalue weighted by molar-refractivity contribution is 0.707. The average Bonchev–Trinajstić information content (AvgIpc) is 2.72. The molecule has 3 nitrogen and oxygen atoms in total. The Kier molecular flexibility index (Phi) is 5.01. The van der Waals surface area contributed by atoms with Gasteiger partial charge < -0.3 is 4.90 Å². The minimum Gasteiger partial charge on any atom is -0.336 e. The number of benzene rings is 2. The zero-order valence-electron chi connectivity index (χ0n) is 16.0. The predicted molar refractivity (Wildman–Crippen MR) is 113 cm³/mol. The van der Waals surface area contributed by atoms with E-state index in [9.17, 15) is 0 Å². The van der Waals surface area contributed by atoms with Gasteiger partial charge in [-0.2, -0.15) is 0 Å². The molecule has 0 radical (unpaired) electrons. The molecule has 0 fully saturated rings. The molecular weight excluding hydrogens is 330 g/mol. The number of fused-ring (bicyclic) bond motifs is 1. The molecule has 3 aromatic rings. The van der Waals surface area contributed by atoms with Gasteiger partial charge in [-0.3, -0.25) is 0 Å². The Bertz CT molecular complexity index is 942. The summed E-state index contributed by atoms with van der Waals surface area (Å²) in [6.07, 6.45) is 7.07. The summed E-state index contributed by atoms with van der Waals surface area (Å²) in [5, 5.41) is 0. The maximum atomic E-state index is 4.76. The zero-order chi connectivity index (χ0) is 18.6. The van der Waals surface area contributed by atoms with Crippen LogP contribution in [0.15, 0.2) is 60.8 Å². The van der Waals surface area contributed by atoms with E-state index in [1.807, 2.05) is 12.3 Å². The highest BCUT2D eigenvalue weighted by Crippen LogP contribution is 2.22. The smallest absolute Gasteiger partial charge is 0.226 e. The van der Waals surface area contributed by atoms with Crippen LogP contribution >= 0.6 is 0 Å². The lowest BCUT2D eigenvalue weighted by Gasteiger charge is -2.28. The Hall–Kier alpha value is -2.94. The van der Waals surface area contributed by atoms with E-state index in [0.29, 0.717) is 5.92 Å². The SMILES string of the molecule is CC(C)c1ccc(/C=C/c2ccnc(N3CCc4ccccc4C3)n2)cc1. The summed E-state index contributed by atoms with van der Waals surface area (Å²) < 4.78 is 0. The molecule has 0 bridgehead atoms. The van der Waals surface area contributed by atoms with Gasteiger partial charge in [-0.1, -0.05) is 68.5 Å². The molecule has 0 spiro atoms. The van der Waals surface area contributed by atoms with Crippen LogP contribution in [0.25, 0.3) is 12.2 Å². The van der Waals surface area contributed by atoms with Crippen molar-refractivity contribution in [3.8, 4) is 0 Å². The van der Waals surface area contributed by atoms with Gasteiger partial charge in [0, 0.05) is 19.3 Å². The molecule has 2 aromatic carbocycles. The van der Waals surface area contributed by atoms with Crippen LogP contribution in [0, 0.1) is 0 Å². The molecule has 0 aliphatic carbocycles. The van der Waals surface area contributed by atoms with Gasteiger partial charge in [0.15, 0.2) is 0 Å². The van der Waals surface area contributed by atoms with E-state index in [1.54, 1.807) is 0 Å². The van der Waals surface area contributed by atoms with Crippen molar-refractivity contribution in [2.75, 3.05) is 11.4 Å². The molecule has 1 aliphatic rings. The fourth-order valence-electron chi connectivity index (χ4n) is 3.45. The van der Waals surface area contributed by atoms with Crippen LogP contribution in [0.4, 0.5) is 5.95 Å². The zero-order valence-corrected chi connectivity index (χ0v) is 16.0. The van der Waals surface area contributed by atoms with E-state index in [2.05, 4.69) is 84.4 Å². The highest BCUT2D eigenvalue weighted by molar-refractivity contribution is 5.68. The van der Waals surface area contributed by atoms with Gasteiger partial charge >= 0.3 is 0 Å². The van der Waals surface area contributed by atoms with Crippen molar-refractivity contribution in [1.82, 2.24) is 9.97 Å². The minimum absolute atomic E-state index is 0.558. The van der Waals surface area contributed by atoms with Crippen molar-refractivity contribution in [3.05, 3.63) is 88.7 Å². The largest absolute Gasteiger partial charge is 0.336 e. The van der Waals surface area contributed by atoms with Crippen molar-refractivity contribution in [2.24, 2.45) is 0 Å². The topological polar surface area (TPSA) is 29.0 Å². The van der Waals surface area contributed by atoms with Crippen LogP contribution in [-0.2, 0) is 13.0 Å². The Balaban J connectivity index is 1.49. The van der Waals surface area contributed by atoms with Crippen LogP contribution in [0.5, 0.6) is 0 Å². The van der Waals surface area contributed by atoms with E-state index < -0.39 is 0 Å². The van der Waals surface area contributed by atoms with E-state index in [0.717, 1.165) is 31.2 Å². The van der Waals surface area contributed by atoms with Gasteiger partial charge in [0.1, 0.15) is 0 Å². The Morgan fingerprint density at radius 2 is 1.70 bits per heavy atom. The van der Waals surface area contributed by atoms with Crippen molar-refractivity contribution >= 4 is 18.1 Å². The van der Waals surface area contributed by atoms with Crippen molar-refractivity contribution in [2.45, 2.75) is 32.7 Å². The monoisotopic (exact) mass is 355 g/mol. The third kappa shape index (κ3) is 4.08. The van der Waals surface area contributed by atoms with E-state index >= 15 is 0 Å². The second kappa shape index (κ2) is 7.75. The fourth-order valence-corrected chi connectivity index (χ4v) is 3.45. The van der Waals surface area contributed by atoms with Crippen LogP contribution in [0.2, 0.25) is 0 Å². The molecule has 1 aliphatic heterocycles. The third-order valence-electron chi connectivity index (χ3n) is 5.13. The Morgan fingerprint density at radius 1 is 0.926 bits per heavy atom. The Labute approximate surface area is 161 Å². The molecule has 0 saturated heterocycles. The number of rotatable bonds is 4. The van der Waals surface area contributed by atoms with Crippen molar-refractivity contribution in [1.29, 1.82) is 0 Å². The molecule has 0 N–H and O–H groups in total. The van der Waals surface area contributed by atoms with Crippen molar-refractivity contribution in [3.63, 3.8) is 0 Å². The van der Waals surface area contributed by atoms with Crippen LogP contribution < -0.4 is 4.90 Å². The molecule has 1 aromatic heterocycles. The molecule has 27 heavy (non-hydrogen) atoms. The van der Waals surface area contributed by atoms with Gasteiger partial charge in [-0.25, -0.2) is 9.97 Å². The lowest BCUT2D eigenvalue weighted by atomic mass is 10.0. The van der Waals surface area contributed by atoms with Crippen LogP contribution in [-0.4, -0.2) is 16.5 Å². The van der Waals surface area contributed by atoms with Crippen molar-refractivity contribution < 1.29 is 0 Å². The summed E-state index contributed by atoms with van der Waals surface area (Å²) in [4.78, 5) is 11.5. The van der Waals surface area contributed by atoms with Gasteiger partial charge in [0.2, 0.25) is 5.95 Å². The number of hydrogen-bond acceptors (Lipinski definition) is 3. The molecule has 3 heteroatoms. The van der Waals surface area contributed by atoms with Gasteiger partial charge in [0.25, 0.3) is 0 Å². The summed E-state index contributed by atoms with van der Waals surface area (Å²) in [5.41, 5.74) is 6.30. The van der Waals surface area contributed by atoms with Gasteiger partial charge in [-0.05, 0) is 46.7 Å². The summed E-state index contributed by atoms with van der Waals surface area (Å²) in [6, 6.07) is 19.3. The quantitative estimate of drug-likeness (QED) is 0.633. The summed E-state index contributed by atoms with van der Waals surface area (Å²) in [6.45, 7) is 6.26. The lowest BCUT2D eigenvalue weighted by Crippen LogP contribution is -2.31. The predicted octanol–water partition coefficient (Wildman–Crippen LogP) is 5.33. The second-order valence-electron chi connectivity index (χ2n) is 7.38. The first-order chi connectivity index (χ1) is 13.2. The van der Waals surface area contributed by atoms with Gasteiger partial charge in [0.05, 0.1) is 5.69 Å². The molecule has 0 amide bonds. The average molecular weight is 355 g/mol. The summed E-state index contributed by atoms with van der Waals surface area (Å²) in [7, 11) is 0. The molecule has 0 atom stereocenters. The molecule has 4 rings (SSSR count). The molecule has 2 heterocycles. The van der Waals surface area contributed by atoms with E-state index in [-0.39, 0.29) is 0 Å². The number of aromatic nitrogens is 2. The molecule has 136 valence electrons. The van der Waals surface area contributed by atoms with Crippen LogP contribution in [0.1, 0.15) is 47.7 Å². The fraction of sp³-hybridized carbons (Fsp3) is 0.250. The maximum Gasteiger partial charge on any atom is 0.226 e. The second-order valence-corrected chi connectivity index (χ2v) is 7.38. The highest BCUT2D eigenvalue weighted by atomic mass is 15.2. The first-order valence-corrected chi connectivity index (χ1v) is 9.62. The number of nitrogens with zero attached hydrogens (tertiary/aromatic N) is 3. The maximum absolute atomic E-state index is 4.76. The number of anilines is 1. The normalized spacial score (nSPS) is 14.0. The molecule has 0 saturated carbocycles. The summed E-state index contributed by atoms with van der Waals surface area (Å²) >= 11 is 0. The summed E-state index contributed by atoms with van der Waals surface area (Å²) in [5.74, 6) is 1.36. The first kappa shape index (κ1) is 17.5. The van der Waals surface area contributed by atoms with E-state index in [4.69, 9.17) is 4.98 Å². The standard InChI is InChI=1S/C24H25N3/c1-18(2)20-10-7-19(8-11-20)9-12-23-13-15-25-24(26-23)27-16-14-21-5-3-4-6-22(21)17-27/h3-13,15,18H,14,16-17H2,1-2H3/b12-9+. The third-order valence-corrected chi connectivity index (χ3v) is 5.13. The van der Waals surface area contributed by atoms with E-state index in [1.165, 1.54) is 22.3 Å².